The van der Waals surface area contributed by atoms with E-state index in [9.17, 15) is 9.59 Å². The molecule has 2 fully saturated rings. The van der Waals surface area contributed by atoms with Gasteiger partial charge in [-0.15, -0.1) is 0 Å². The van der Waals surface area contributed by atoms with E-state index >= 15 is 0 Å². The van der Waals surface area contributed by atoms with Crippen LogP contribution in [0.25, 0.3) is 0 Å². The lowest BCUT2D eigenvalue weighted by atomic mass is 9.99. The molecular formula is C15H26N2O4. The Kier molecular flexibility index (Phi) is 4.19. The van der Waals surface area contributed by atoms with Crippen LogP contribution >= 0.6 is 0 Å². The molecule has 2 heterocycles. The Labute approximate surface area is 126 Å². The number of hydrogen-bond donors (Lipinski definition) is 1. The van der Waals surface area contributed by atoms with Gasteiger partial charge in [0.1, 0.15) is 0 Å². The van der Waals surface area contributed by atoms with Crippen LogP contribution in [0.4, 0.5) is 4.79 Å². The molecule has 2 amide bonds. The predicted molar refractivity (Wildman–Crippen MR) is 78.2 cm³/mol. The highest BCUT2D eigenvalue weighted by Gasteiger charge is 2.42. The van der Waals surface area contributed by atoms with Gasteiger partial charge in [-0.1, -0.05) is 0 Å². The Morgan fingerprint density at radius 1 is 1.19 bits per heavy atom. The zero-order valence-corrected chi connectivity index (χ0v) is 13.4. The third kappa shape index (κ3) is 3.87. The highest BCUT2D eigenvalue weighted by molar-refractivity contribution is 5.77. The molecule has 0 bridgehead atoms. The molecule has 1 unspecified atom stereocenters. The van der Waals surface area contributed by atoms with Gasteiger partial charge in [-0.3, -0.25) is 4.79 Å². The minimum Gasteiger partial charge on any atom is -0.481 e. The van der Waals surface area contributed by atoms with Gasteiger partial charge in [-0.05, 0) is 40.5 Å². The summed E-state index contributed by atoms with van der Waals surface area (Å²) in [7, 11) is 0. The molecule has 0 aromatic carbocycles. The van der Waals surface area contributed by atoms with E-state index < -0.39 is 5.97 Å². The van der Waals surface area contributed by atoms with Gasteiger partial charge in [-0.25, -0.2) is 4.79 Å². The highest BCUT2D eigenvalue weighted by atomic mass is 16.5. The molecule has 2 rings (SSSR count). The molecule has 0 saturated carbocycles. The van der Waals surface area contributed by atoms with Crippen LogP contribution in [0.2, 0.25) is 0 Å². The summed E-state index contributed by atoms with van der Waals surface area (Å²) in [6, 6.07) is -0.229. The van der Waals surface area contributed by atoms with E-state index in [-0.39, 0.29) is 29.7 Å². The van der Waals surface area contributed by atoms with Crippen molar-refractivity contribution in [2.75, 3.05) is 19.6 Å². The second kappa shape index (κ2) is 5.48. The molecule has 0 spiro atoms. The summed E-state index contributed by atoms with van der Waals surface area (Å²) in [5, 5.41) is 8.98. The summed E-state index contributed by atoms with van der Waals surface area (Å²) in [4.78, 5) is 27.2. The lowest BCUT2D eigenvalue weighted by Gasteiger charge is -2.48. The van der Waals surface area contributed by atoms with Gasteiger partial charge in [0, 0.05) is 12.6 Å². The Morgan fingerprint density at radius 2 is 1.76 bits per heavy atom. The lowest BCUT2D eigenvalue weighted by molar-refractivity contribution is -0.172. The number of ether oxygens (including phenoxy) is 1. The summed E-state index contributed by atoms with van der Waals surface area (Å²) in [5.74, 6) is -0.845. The number of amides is 2. The number of rotatable bonds is 2. The molecule has 0 aromatic heterocycles. The summed E-state index contributed by atoms with van der Waals surface area (Å²) < 4.78 is 5.99. The van der Waals surface area contributed by atoms with Gasteiger partial charge < -0.3 is 19.6 Å². The number of nitrogens with zero attached hydrogens (tertiary/aromatic N) is 2. The van der Waals surface area contributed by atoms with Crippen LogP contribution in [0, 0.1) is 0 Å². The Hall–Kier alpha value is -1.30. The van der Waals surface area contributed by atoms with Gasteiger partial charge in [0.15, 0.2) is 0 Å². The van der Waals surface area contributed by atoms with Gasteiger partial charge in [0.25, 0.3) is 0 Å². The van der Waals surface area contributed by atoms with Gasteiger partial charge in [0.2, 0.25) is 0 Å². The topological polar surface area (TPSA) is 70.1 Å². The summed E-state index contributed by atoms with van der Waals surface area (Å²) in [6.45, 7) is 9.63. The number of carboxylic acids is 1. The van der Waals surface area contributed by atoms with Gasteiger partial charge in [-0.2, -0.15) is 0 Å². The fraction of sp³-hybridized carbons (Fsp3) is 0.867. The van der Waals surface area contributed by atoms with Crippen molar-refractivity contribution in [1.29, 1.82) is 0 Å². The van der Waals surface area contributed by atoms with E-state index in [2.05, 4.69) is 0 Å². The molecule has 2 aliphatic heterocycles. The van der Waals surface area contributed by atoms with E-state index in [4.69, 9.17) is 9.84 Å². The lowest BCUT2D eigenvalue weighted by Crippen LogP contribution is -2.61. The first-order valence-corrected chi connectivity index (χ1v) is 7.57. The van der Waals surface area contributed by atoms with Crippen molar-refractivity contribution in [3.8, 4) is 0 Å². The Bertz CT molecular complexity index is 417. The van der Waals surface area contributed by atoms with Gasteiger partial charge >= 0.3 is 12.0 Å². The van der Waals surface area contributed by atoms with Crippen molar-refractivity contribution in [2.24, 2.45) is 0 Å². The van der Waals surface area contributed by atoms with Crippen molar-refractivity contribution < 1.29 is 19.4 Å². The molecule has 0 radical (unpaired) electrons. The van der Waals surface area contributed by atoms with Crippen molar-refractivity contribution in [2.45, 2.75) is 64.2 Å². The van der Waals surface area contributed by atoms with Crippen LogP contribution < -0.4 is 0 Å². The summed E-state index contributed by atoms with van der Waals surface area (Å²) >= 11 is 0. The maximum atomic E-state index is 12.8. The second-order valence-corrected chi connectivity index (χ2v) is 7.35. The van der Waals surface area contributed by atoms with Crippen molar-refractivity contribution in [3.05, 3.63) is 0 Å². The molecule has 6 nitrogen and oxygen atoms in total. The zero-order chi connectivity index (χ0) is 15.8. The monoisotopic (exact) mass is 298 g/mol. The van der Waals surface area contributed by atoms with Crippen LogP contribution in [0.3, 0.4) is 0 Å². The average molecular weight is 298 g/mol. The number of carboxylic acid groups (broad SMARTS) is 1. The third-order valence-electron chi connectivity index (χ3n) is 4.00. The first kappa shape index (κ1) is 16.1. The van der Waals surface area contributed by atoms with Gasteiger partial charge in [0.05, 0.1) is 30.7 Å². The number of morpholine rings is 1. The number of urea groups is 1. The van der Waals surface area contributed by atoms with E-state index in [1.54, 1.807) is 4.90 Å². The standard InChI is InChI=1S/C15H26N2O4/c1-14(2)9-16(10-15(3,4)21-14)13(20)17-7-5-6-11(17)8-12(18)19/h11H,5-10H2,1-4H3,(H,18,19). The van der Waals surface area contributed by atoms with Crippen LogP contribution in [-0.4, -0.2) is 63.8 Å². The van der Waals surface area contributed by atoms with E-state index in [0.29, 0.717) is 19.6 Å². The number of carbonyl (C=O) groups is 2. The Balaban J connectivity index is 2.09. The van der Waals surface area contributed by atoms with Crippen molar-refractivity contribution in [1.82, 2.24) is 9.80 Å². The fourth-order valence-corrected chi connectivity index (χ4v) is 3.61. The minimum absolute atomic E-state index is 0.0306. The van der Waals surface area contributed by atoms with E-state index in [0.717, 1.165) is 12.8 Å². The molecule has 2 saturated heterocycles. The first-order chi connectivity index (χ1) is 9.60. The average Bonchev–Trinajstić information content (AvgIpc) is 2.70. The molecule has 21 heavy (non-hydrogen) atoms. The molecular weight excluding hydrogens is 272 g/mol. The second-order valence-electron chi connectivity index (χ2n) is 7.35. The third-order valence-corrected chi connectivity index (χ3v) is 4.00. The molecule has 1 atom stereocenters. The summed E-state index contributed by atoms with van der Waals surface area (Å²) in [5.41, 5.74) is -0.779. The van der Waals surface area contributed by atoms with Crippen LogP contribution in [0.5, 0.6) is 0 Å². The number of hydrogen-bond acceptors (Lipinski definition) is 3. The van der Waals surface area contributed by atoms with E-state index in [1.165, 1.54) is 0 Å². The fourth-order valence-electron chi connectivity index (χ4n) is 3.61. The number of carbonyl (C=O) groups excluding carboxylic acids is 1. The SMILES string of the molecule is CC1(C)CN(C(=O)N2CCCC2CC(=O)O)CC(C)(C)O1. The maximum Gasteiger partial charge on any atom is 0.320 e. The Morgan fingerprint density at radius 3 is 2.29 bits per heavy atom. The molecule has 2 aliphatic rings. The predicted octanol–water partition coefficient (Wildman–Crippen LogP) is 1.93. The van der Waals surface area contributed by atoms with Crippen LogP contribution in [0.15, 0.2) is 0 Å². The molecule has 0 aliphatic carbocycles. The largest absolute Gasteiger partial charge is 0.481 e. The van der Waals surface area contributed by atoms with E-state index in [1.807, 2.05) is 32.6 Å². The smallest absolute Gasteiger partial charge is 0.320 e. The number of likely N-dealkylation sites (tertiary alicyclic amines) is 1. The quantitative estimate of drug-likeness (QED) is 0.845. The van der Waals surface area contributed by atoms with Crippen LogP contribution in [0.1, 0.15) is 47.0 Å². The normalized spacial score (nSPS) is 27.7. The van der Waals surface area contributed by atoms with Crippen molar-refractivity contribution in [3.63, 3.8) is 0 Å². The zero-order valence-electron chi connectivity index (χ0n) is 13.4. The number of aliphatic carboxylic acids is 1. The summed E-state index contributed by atoms with van der Waals surface area (Å²) in [6.07, 6.45) is 1.68. The molecule has 120 valence electrons. The van der Waals surface area contributed by atoms with Crippen molar-refractivity contribution >= 4 is 12.0 Å². The first-order valence-electron chi connectivity index (χ1n) is 7.57. The molecule has 1 N–H and O–H groups in total. The highest BCUT2D eigenvalue weighted by Crippen LogP contribution is 2.30. The minimum atomic E-state index is -0.845. The maximum absolute atomic E-state index is 12.8. The molecule has 6 heteroatoms. The van der Waals surface area contributed by atoms with Crippen LogP contribution in [-0.2, 0) is 9.53 Å². The molecule has 0 aromatic rings.